The Morgan fingerprint density at radius 1 is 1.47 bits per heavy atom. The molecule has 0 aromatic carbocycles. The van der Waals surface area contributed by atoms with E-state index in [1.807, 2.05) is 23.5 Å². The molecule has 0 aliphatic heterocycles. The van der Waals surface area contributed by atoms with Gasteiger partial charge in [0.1, 0.15) is 11.6 Å². The molecule has 84 valence electrons. The molecule has 5 heteroatoms. The second-order valence-corrected chi connectivity index (χ2v) is 5.89. The van der Waals surface area contributed by atoms with Gasteiger partial charge in [-0.3, -0.25) is 0 Å². The molecule has 1 heterocycles. The van der Waals surface area contributed by atoms with Crippen LogP contribution in [0.2, 0.25) is 0 Å². The fourth-order valence-corrected chi connectivity index (χ4v) is 2.85. The fraction of sp³-hybridized carbons (Fsp3) is 0.600. The molecule has 0 amide bonds. The molecule has 0 unspecified atom stereocenters. The van der Waals surface area contributed by atoms with E-state index in [2.05, 4.69) is 23.8 Å². The summed E-state index contributed by atoms with van der Waals surface area (Å²) in [6.45, 7) is 4.30. The SMILES string of the molecule is CCSCCS[C@H](C)c1nccc(N)n1. The molecule has 0 spiro atoms. The lowest BCUT2D eigenvalue weighted by molar-refractivity contribution is 0.924. The lowest BCUT2D eigenvalue weighted by atomic mass is 10.4. The second kappa shape index (κ2) is 6.95. The molecular formula is C10H17N3S2. The van der Waals surface area contributed by atoms with Crippen LogP contribution >= 0.6 is 23.5 Å². The van der Waals surface area contributed by atoms with E-state index >= 15 is 0 Å². The average Bonchev–Trinajstić information content (AvgIpc) is 2.24. The third-order valence-corrected chi connectivity index (χ3v) is 4.17. The van der Waals surface area contributed by atoms with E-state index in [1.165, 1.54) is 11.5 Å². The Labute approximate surface area is 99.6 Å². The van der Waals surface area contributed by atoms with E-state index in [4.69, 9.17) is 5.73 Å². The van der Waals surface area contributed by atoms with Crippen LogP contribution in [0.15, 0.2) is 12.3 Å². The Hall–Kier alpha value is -0.420. The normalized spacial score (nSPS) is 12.7. The first-order valence-corrected chi connectivity index (χ1v) is 7.22. The van der Waals surface area contributed by atoms with Gasteiger partial charge >= 0.3 is 0 Å². The minimum absolute atomic E-state index is 0.325. The summed E-state index contributed by atoms with van der Waals surface area (Å²) >= 11 is 3.84. The standard InChI is InChI=1S/C10H17N3S2/c1-3-14-6-7-15-8(2)10-12-5-4-9(11)13-10/h4-5,8H,3,6-7H2,1-2H3,(H2,11,12,13)/t8-/m1/s1. The maximum absolute atomic E-state index is 5.61. The zero-order chi connectivity index (χ0) is 11.1. The van der Waals surface area contributed by atoms with Crippen molar-refractivity contribution in [1.82, 2.24) is 9.97 Å². The second-order valence-electron chi connectivity index (χ2n) is 3.05. The topological polar surface area (TPSA) is 51.8 Å². The Balaban J connectivity index is 2.36. The highest BCUT2D eigenvalue weighted by atomic mass is 32.2. The van der Waals surface area contributed by atoms with Crippen molar-refractivity contribution in [3.63, 3.8) is 0 Å². The van der Waals surface area contributed by atoms with E-state index in [0.717, 1.165) is 11.6 Å². The number of nitrogens with zero attached hydrogens (tertiary/aromatic N) is 2. The van der Waals surface area contributed by atoms with Crippen LogP contribution in [0.5, 0.6) is 0 Å². The number of thioether (sulfide) groups is 2. The van der Waals surface area contributed by atoms with Gasteiger partial charge in [0.25, 0.3) is 0 Å². The lowest BCUT2D eigenvalue weighted by Gasteiger charge is -2.09. The number of aromatic nitrogens is 2. The number of anilines is 1. The fourth-order valence-electron chi connectivity index (χ4n) is 1.09. The van der Waals surface area contributed by atoms with Crippen LogP contribution in [0.4, 0.5) is 5.82 Å². The van der Waals surface area contributed by atoms with Crippen LogP contribution in [0.25, 0.3) is 0 Å². The molecular weight excluding hydrogens is 226 g/mol. The largest absolute Gasteiger partial charge is 0.384 e. The van der Waals surface area contributed by atoms with E-state index < -0.39 is 0 Å². The van der Waals surface area contributed by atoms with Gasteiger partial charge in [-0.25, -0.2) is 9.97 Å². The van der Waals surface area contributed by atoms with Gasteiger partial charge < -0.3 is 5.73 Å². The molecule has 0 fully saturated rings. The van der Waals surface area contributed by atoms with Crippen LogP contribution in [0.3, 0.4) is 0 Å². The molecule has 15 heavy (non-hydrogen) atoms. The zero-order valence-corrected chi connectivity index (χ0v) is 10.8. The molecule has 0 bridgehead atoms. The Bertz CT molecular complexity index is 294. The average molecular weight is 243 g/mol. The Morgan fingerprint density at radius 3 is 2.93 bits per heavy atom. The van der Waals surface area contributed by atoms with Gasteiger partial charge in [-0.1, -0.05) is 6.92 Å². The van der Waals surface area contributed by atoms with E-state index in [0.29, 0.717) is 11.1 Å². The minimum atomic E-state index is 0.325. The maximum Gasteiger partial charge on any atom is 0.143 e. The third-order valence-electron chi connectivity index (χ3n) is 1.86. The molecule has 0 aliphatic carbocycles. The number of nitrogen functional groups attached to an aromatic ring is 1. The van der Waals surface area contributed by atoms with Crippen molar-refractivity contribution < 1.29 is 0 Å². The molecule has 0 radical (unpaired) electrons. The summed E-state index contributed by atoms with van der Waals surface area (Å²) in [5, 5.41) is 0.325. The summed E-state index contributed by atoms with van der Waals surface area (Å²) in [7, 11) is 0. The molecule has 3 nitrogen and oxygen atoms in total. The van der Waals surface area contributed by atoms with Crippen molar-refractivity contribution in [3.8, 4) is 0 Å². The lowest BCUT2D eigenvalue weighted by Crippen LogP contribution is -2.01. The highest BCUT2D eigenvalue weighted by Gasteiger charge is 2.08. The van der Waals surface area contributed by atoms with Crippen LogP contribution in [-0.4, -0.2) is 27.2 Å². The Morgan fingerprint density at radius 2 is 2.27 bits per heavy atom. The van der Waals surface area contributed by atoms with Crippen molar-refractivity contribution in [2.75, 3.05) is 23.0 Å². The number of rotatable bonds is 6. The van der Waals surface area contributed by atoms with Crippen LogP contribution in [0, 0.1) is 0 Å². The van der Waals surface area contributed by atoms with E-state index in [9.17, 15) is 0 Å². The molecule has 0 saturated heterocycles. The highest BCUT2D eigenvalue weighted by molar-refractivity contribution is 8.03. The van der Waals surface area contributed by atoms with E-state index in [-0.39, 0.29) is 0 Å². The predicted molar refractivity (Wildman–Crippen MR) is 70.3 cm³/mol. The molecule has 1 rings (SSSR count). The maximum atomic E-state index is 5.61. The van der Waals surface area contributed by atoms with Crippen LogP contribution in [0.1, 0.15) is 24.9 Å². The monoisotopic (exact) mass is 243 g/mol. The van der Waals surface area contributed by atoms with Gasteiger partial charge in [0.15, 0.2) is 0 Å². The van der Waals surface area contributed by atoms with Gasteiger partial charge in [-0.15, -0.1) is 11.8 Å². The number of hydrogen-bond donors (Lipinski definition) is 1. The first kappa shape index (κ1) is 12.6. The molecule has 1 aromatic rings. The van der Waals surface area contributed by atoms with Crippen molar-refractivity contribution in [2.45, 2.75) is 19.1 Å². The predicted octanol–water partition coefficient (Wildman–Crippen LogP) is 2.61. The van der Waals surface area contributed by atoms with Gasteiger partial charge in [-0.2, -0.15) is 11.8 Å². The summed E-state index contributed by atoms with van der Waals surface area (Å²) in [6, 6.07) is 1.72. The molecule has 2 N–H and O–H groups in total. The smallest absolute Gasteiger partial charge is 0.143 e. The molecule has 1 atom stereocenters. The highest BCUT2D eigenvalue weighted by Crippen LogP contribution is 2.26. The van der Waals surface area contributed by atoms with Gasteiger partial charge in [0.2, 0.25) is 0 Å². The van der Waals surface area contributed by atoms with Crippen molar-refractivity contribution in [1.29, 1.82) is 0 Å². The van der Waals surface area contributed by atoms with E-state index in [1.54, 1.807) is 12.3 Å². The zero-order valence-electron chi connectivity index (χ0n) is 9.14. The molecule has 0 saturated carbocycles. The van der Waals surface area contributed by atoms with Gasteiger partial charge in [0.05, 0.1) is 5.25 Å². The van der Waals surface area contributed by atoms with Crippen LogP contribution in [-0.2, 0) is 0 Å². The molecule has 1 aromatic heterocycles. The Kier molecular flexibility index (Phi) is 5.86. The first-order chi connectivity index (χ1) is 7.24. The number of hydrogen-bond acceptors (Lipinski definition) is 5. The summed E-state index contributed by atoms with van der Waals surface area (Å²) in [5.41, 5.74) is 5.61. The third kappa shape index (κ3) is 4.75. The van der Waals surface area contributed by atoms with Gasteiger partial charge in [0, 0.05) is 17.7 Å². The van der Waals surface area contributed by atoms with Crippen LogP contribution < -0.4 is 5.73 Å². The first-order valence-electron chi connectivity index (χ1n) is 5.01. The quantitative estimate of drug-likeness (QED) is 0.778. The minimum Gasteiger partial charge on any atom is -0.384 e. The van der Waals surface area contributed by atoms with Crippen molar-refractivity contribution >= 4 is 29.3 Å². The summed E-state index contributed by atoms with van der Waals surface area (Å²) in [4.78, 5) is 8.43. The number of nitrogens with two attached hydrogens (primary N) is 1. The van der Waals surface area contributed by atoms with Crippen molar-refractivity contribution in [3.05, 3.63) is 18.1 Å². The van der Waals surface area contributed by atoms with Gasteiger partial charge in [-0.05, 0) is 18.7 Å². The summed E-state index contributed by atoms with van der Waals surface area (Å²) in [6.07, 6.45) is 1.72. The van der Waals surface area contributed by atoms with Crippen molar-refractivity contribution in [2.24, 2.45) is 0 Å². The molecule has 0 aliphatic rings. The summed E-state index contributed by atoms with van der Waals surface area (Å²) < 4.78 is 0. The summed E-state index contributed by atoms with van der Waals surface area (Å²) in [5.74, 6) is 4.90.